The van der Waals surface area contributed by atoms with Crippen LogP contribution in [0.4, 0.5) is 4.79 Å². The van der Waals surface area contributed by atoms with Gasteiger partial charge in [-0.15, -0.1) is 0 Å². The number of likely N-dealkylation sites (N-methyl/N-ethyl adjacent to an activating group) is 2. The van der Waals surface area contributed by atoms with Gasteiger partial charge in [0.05, 0.1) is 13.2 Å². The van der Waals surface area contributed by atoms with Crippen molar-refractivity contribution in [1.82, 2.24) is 9.80 Å². The lowest BCUT2D eigenvalue weighted by Gasteiger charge is -2.22. The number of amides is 2. The third-order valence-electron chi connectivity index (χ3n) is 3.37. The van der Waals surface area contributed by atoms with E-state index in [1.54, 1.807) is 31.0 Å². The number of hydrogen-bond donors (Lipinski definition) is 0. The molecule has 98 valence electrons. The number of aryl methyl sites for hydroxylation is 1. The van der Waals surface area contributed by atoms with Gasteiger partial charge in [0.15, 0.2) is 0 Å². The number of rotatable bonds is 2. The number of carbonyl (C=O) groups is 1. The maximum atomic E-state index is 11.8. The number of benzene rings is 1. The van der Waals surface area contributed by atoms with Gasteiger partial charge in [-0.2, -0.15) is 0 Å². The Morgan fingerprint density at radius 3 is 2.56 bits per heavy atom. The number of hydrogen-bond acceptors (Lipinski definition) is 2. The lowest BCUT2D eigenvalue weighted by atomic mass is 10.0. The van der Waals surface area contributed by atoms with Crippen LogP contribution in [0.25, 0.3) is 0 Å². The van der Waals surface area contributed by atoms with Gasteiger partial charge in [-0.25, -0.2) is 4.79 Å². The van der Waals surface area contributed by atoms with Gasteiger partial charge >= 0.3 is 6.03 Å². The number of carbonyl (C=O) groups excluding carboxylic acids is 1. The molecule has 1 atom stereocenters. The molecule has 1 heterocycles. The highest BCUT2D eigenvalue weighted by Gasteiger charge is 2.35. The molecule has 1 aromatic carbocycles. The topological polar surface area (TPSA) is 32.8 Å². The zero-order valence-electron chi connectivity index (χ0n) is 11.0. The van der Waals surface area contributed by atoms with Crippen molar-refractivity contribution >= 4 is 17.6 Å². The molecule has 0 aromatic heterocycles. The number of methoxy groups -OCH3 is 1. The first-order valence-corrected chi connectivity index (χ1v) is 6.15. The first-order chi connectivity index (χ1) is 8.45. The van der Waals surface area contributed by atoms with Crippen LogP contribution >= 0.6 is 11.6 Å². The highest BCUT2D eigenvalue weighted by atomic mass is 35.5. The Kier molecular flexibility index (Phi) is 3.39. The SMILES string of the molecule is COc1c(C)cc(Cl)cc1C1CN(C)C(=O)N1C. The predicted molar refractivity (Wildman–Crippen MR) is 71.3 cm³/mol. The molecule has 4 nitrogen and oxygen atoms in total. The van der Waals surface area contributed by atoms with Crippen molar-refractivity contribution in [2.24, 2.45) is 0 Å². The highest BCUT2D eigenvalue weighted by Crippen LogP contribution is 2.37. The summed E-state index contributed by atoms with van der Waals surface area (Å²) in [6.07, 6.45) is 0. The lowest BCUT2D eigenvalue weighted by molar-refractivity contribution is 0.201. The Bertz CT molecular complexity index is 490. The smallest absolute Gasteiger partial charge is 0.320 e. The van der Waals surface area contributed by atoms with Crippen LogP contribution in [0.1, 0.15) is 17.2 Å². The Morgan fingerprint density at radius 2 is 2.06 bits per heavy atom. The van der Waals surface area contributed by atoms with Gasteiger partial charge < -0.3 is 14.5 Å². The minimum Gasteiger partial charge on any atom is -0.496 e. The number of urea groups is 1. The van der Waals surface area contributed by atoms with Crippen LogP contribution in [-0.4, -0.2) is 43.6 Å². The first kappa shape index (κ1) is 13.0. The summed E-state index contributed by atoms with van der Waals surface area (Å²) in [7, 11) is 5.23. The molecular formula is C13H17ClN2O2. The monoisotopic (exact) mass is 268 g/mol. The maximum Gasteiger partial charge on any atom is 0.320 e. The van der Waals surface area contributed by atoms with Crippen molar-refractivity contribution in [1.29, 1.82) is 0 Å². The molecule has 1 unspecified atom stereocenters. The van der Waals surface area contributed by atoms with E-state index in [0.29, 0.717) is 11.6 Å². The van der Waals surface area contributed by atoms with Crippen LogP contribution in [0.3, 0.4) is 0 Å². The summed E-state index contributed by atoms with van der Waals surface area (Å²) >= 11 is 6.11. The molecule has 5 heteroatoms. The van der Waals surface area contributed by atoms with Gasteiger partial charge in [0, 0.05) is 31.2 Å². The molecule has 2 amide bonds. The van der Waals surface area contributed by atoms with Crippen LogP contribution in [-0.2, 0) is 0 Å². The molecule has 0 spiro atoms. The average Bonchev–Trinajstić information content (AvgIpc) is 2.56. The van der Waals surface area contributed by atoms with Gasteiger partial charge in [0.1, 0.15) is 5.75 Å². The summed E-state index contributed by atoms with van der Waals surface area (Å²) in [6.45, 7) is 2.60. The van der Waals surface area contributed by atoms with Gasteiger partial charge in [-0.1, -0.05) is 11.6 Å². The first-order valence-electron chi connectivity index (χ1n) is 5.77. The summed E-state index contributed by atoms with van der Waals surface area (Å²) in [5.41, 5.74) is 1.94. The Labute approximate surface area is 112 Å². The largest absolute Gasteiger partial charge is 0.496 e. The van der Waals surface area contributed by atoms with Crippen molar-refractivity contribution in [3.63, 3.8) is 0 Å². The molecule has 18 heavy (non-hydrogen) atoms. The molecule has 1 aromatic rings. The predicted octanol–water partition coefficient (Wildman–Crippen LogP) is 2.70. The molecule has 0 saturated carbocycles. The van der Waals surface area contributed by atoms with E-state index >= 15 is 0 Å². The zero-order chi connectivity index (χ0) is 13.4. The average molecular weight is 269 g/mol. The molecule has 1 fully saturated rings. The number of halogens is 1. The van der Waals surface area contributed by atoms with Gasteiger partial charge in [0.2, 0.25) is 0 Å². The third-order valence-corrected chi connectivity index (χ3v) is 3.59. The Balaban J connectivity index is 2.48. The maximum absolute atomic E-state index is 11.8. The molecule has 0 bridgehead atoms. The van der Waals surface area contributed by atoms with Crippen LogP contribution in [0.15, 0.2) is 12.1 Å². The van der Waals surface area contributed by atoms with E-state index in [-0.39, 0.29) is 12.1 Å². The fourth-order valence-electron chi connectivity index (χ4n) is 2.45. The lowest BCUT2D eigenvalue weighted by Crippen LogP contribution is -2.26. The van der Waals surface area contributed by atoms with Crippen molar-refractivity contribution < 1.29 is 9.53 Å². The van der Waals surface area contributed by atoms with Crippen molar-refractivity contribution in [3.05, 3.63) is 28.3 Å². The zero-order valence-corrected chi connectivity index (χ0v) is 11.8. The van der Waals surface area contributed by atoms with Crippen LogP contribution in [0.2, 0.25) is 5.02 Å². The van der Waals surface area contributed by atoms with E-state index < -0.39 is 0 Å². The summed E-state index contributed by atoms with van der Waals surface area (Å²) in [5.74, 6) is 0.805. The molecule has 2 rings (SSSR count). The second-order valence-corrected chi connectivity index (χ2v) is 5.07. The molecule has 1 saturated heterocycles. The quantitative estimate of drug-likeness (QED) is 0.826. The minimum absolute atomic E-state index is 0.0136. The molecule has 0 aliphatic carbocycles. The standard InChI is InChI=1S/C13H17ClN2O2/c1-8-5-9(14)6-10(12(8)18-4)11-7-15(2)13(17)16(11)3/h5-6,11H,7H2,1-4H3. The second kappa shape index (κ2) is 4.69. The van der Waals surface area contributed by atoms with Crippen molar-refractivity contribution in [3.8, 4) is 5.75 Å². The van der Waals surface area contributed by atoms with E-state index in [2.05, 4.69) is 0 Å². The summed E-state index contributed by atoms with van der Waals surface area (Å²) in [4.78, 5) is 15.2. The van der Waals surface area contributed by atoms with E-state index in [9.17, 15) is 4.79 Å². The van der Waals surface area contributed by atoms with Crippen molar-refractivity contribution in [2.75, 3.05) is 27.7 Å². The van der Waals surface area contributed by atoms with E-state index in [1.165, 1.54) is 0 Å². The Morgan fingerprint density at radius 1 is 1.39 bits per heavy atom. The number of nitrogens with zero attached hydrogens (tertiary/aromatic N) is 2. The van der Waals surface area contributed by atoms with Crippen LogP contribution < -0.4 is 4.74 Å². The van der Waals surface area contributed by atoms with Crippen LogP contribution in [0, 0.1) is 6.92 Å². The van der Waals surface area contributed by atoms with E-state index in [0.717, 1.165) is 16.9 Å². The minimum atomic E-state index is -0.0187. The number of ether oxygens (including phenoxy) is 1. The summed E-state index contributed by atoms with van der Waals surface area (Å²) in [5, 5.41) is 0.665. The molecule has 0 radical (unpaired) electrons. The fourth-order valence-corrected chi connectivity index (χ4v) is 2.73. The third kappa shape index (κ3) is 2.01. The molecular weight excluding hydrogens is 252 g/mol. The molecule has 1 aliphatic rings. The van der Waals surface area contributed by atoms with Gasteiger partial charge in [-0.3, -0.25) is 0 Å². The van der Waals surface area contributed by atoms with Crippen LogP contribution in [0.5, 0.6) is 5.75 Å². The van der Waals surface area contributed by atoms with E-state index in [4.69, 9.17) is 16.3 Å². The van der Waals surface area contributed by atoms with Gasteiger partial charge in [0.25, 0.3) is 0 Å². The fraction of sp³-hybridized carbons (Fsp3) is 0.462. The second-order valence-electron chi connectivity index (χ2n) is 4.63. The Hall–Kier alpha value is -1.42. The molecule has 0 N–H and O–H groups in total. The summed E-state index contributed by atoms with van der Waals surface area (Å²) in [6, 6.07) is 3.74. The highest BCUT2D eigenvalue weighted by molar-refractivity contribution is 6.30. The van der Waals surface area contributed by atoms with E-state index in [1.807, 2.05) is 19.1 Å². The van der Waals surface area contributed by atoms with Crippen molar-refractivity contribution in [2.45, 2.75) is 13.0 Å². The van der Waals surface area contributed by atoms with Gasteiger partial charge in [-0.05, 0) is 24.6 Å². The summed E-state index contributed by atoms with van der Waals surface area (Å²) < 4.78 is 5.45. The molecule has 1 aliphatic heterocycles. The normalized spacial score (nSPS) is 19.6.